The number of ether oxygens (including phenoxy) is 3. The highest BCUT2D eigenvalue weighted by atomic mass is 16.6. The number of nitrogens with zero attached hydrogens (tertiary/aromatic N) is 1. The zero-order valence-corrected chi connectivity index (χ0v) is 17.9. The number of cyclic esters (lactones) is 1. The SMILES string of the molecule is CCOc1cc(/C=C2/N=C(c3ccccc3)OC2=O)ccc1OC(=O)/C=C/c1ccccc1. The second kappa shape index (κ2) is 10.2. The van der Waals surface area contributed by atoms with Crippen molar-refractivity contribution >= 4 is 30.0 Å². The summed E-state index contributed by atoms with van der Waals surface area (Å²) < 4.78 is 16.4. The second-order valence-corrected chi connectivity index (χ2v) is 7.01. The molecule has 4 rings (SSSR count). The fourth-order valence-electron chi connectivity index (χ4n) is 3.11. The van der Waals surface area contributed by atoms with Crippen LogP contribution in [0.15, 0.2) is 95.6 Å². The Balaban J connectivity index is 1.53. The van der Waals surface area contributed by atoms with E-state index in [0.29, 0.717) is 17.9 Å². The Morgan fingerprint density at radius 2 is 1.67 bits per heavy atom. The maximum Gasteiger partial charge on any atom is 0.363 e. The van der Waals surface area contributed by atoms with Gasteiger partial charge in [-0.1, -0.05) is 54.6 Å². The summed E-state index contributed by atoms with van der Waals surface area (Å²) >= 11 is 0. The minimum absolute atomic E-state index is 0.173. The minimum atomic E-state index is -0.534. The van der Waals surface area contributed by atoms with E-state index in [2.05, 4.69) is 4.99 Å². The van der Waals surface area contributed by atoms with Crippen LogP contribution >= 0.6 is 0 Å². The van der Waals surface area contributed by atoms with E-state index in [1.165, 1.54) is 6.08 Å². The van der Waals surface area contributed by atoms with E-state index in [0.717, 1.165) is 11.1 Å². The van der Waals surface area contributed by atoms with Crippen molar-refractivity contribution in [2.24, 2.45) is 4.99 Å². The second-order valence-electron chi connectivity index (χ2n) is 7.01. The summed E-state index contributed by atoms with van der Waals surface area (Å²) in [5.74, 6) is -0.139. The smallest absolute Gasteiger partial charge is 0.363 e. The summed E-state index contributed by atoms with van der Waals surface area (Å²) in [6.45, 7) is 2.21. The van der Waals surface area contributed by atoms with Gasteiger partial charge in [0, 0.05) is 11.6 Å². The van der Waals surface area contributed by atoms with Gasteiger partial charge in [-0.3, -0.25) is 0 Å². The van der Waals surface area contributed by atoms with Crippen LogP contribution < -0.4 is 9.47 Å². The Morgan fingerprint density at radius 1 is 0.939 bits per heavy atom. The summed E-state index contributed by atoms with van der Waals surface area (Å²) in [6.07, 6.45) is 4.63. The van der Waals surface area contributed by atoms with Gasteiger partial charge in [-0.25, -0.2) is 14.6 Å². The predicted octanol–water partition coefficient (Wildman–Crippen LogP) is 5.05. The van der Waals surface area contributed by atoms with Crippen molar-refractivity contribution < 1.29 is 23.8 Å². The van der Waals surface area contributed by atoms with Gasteiger partial charge in [-0.05, 0) is 54.5 Å². The first-order chi connectivity index (χ1) is 16.1. The van der Waals surface area contributed by atoms with E-state index < -0.39 is 11.9 Å². The Labute approximate surface area is 191 Å². The lowest BCUT2D eigenvalue weighted by atomic mass is 10.1. The van der Waals surface area contributed by atoms with Crippen molar-refractivity contribution in [1.82, 2.24) is 0 Å². The highest BCUT2D eigenvalue weighted by molar-refractivity contribution is 6.12. The summed E-state index contributed by atoms with van der Waals surface area (Å²) in [4.78, 5) is 28.8. The highest BCUT2D eigenvalue weighted by Gasteiger charge is 2.24. The monoisotopic (exact) mass is 439 g/mol. The van der Waals surface area contributed by atoms with Crippen molar-refractivity contribution in [2.45, 2.75) is 6.92 Å². The molecule has 0 radical (unpaired) electrons. The third kappa shape index (κ3) is 5.62. The molecule has 6 nitrogen and oxygen atoms in total. The topological polar surface area (TPSA) is 74.2 Å². The van der Waals surface area contributed by atoms with Crippen molar-refractivity contribution in [3.8, 4) is 11.5 Å². The highest BCUT2D eigenvalue weighted by Crippen LogP contribution is 2.30. The van der Waals surface area contributed by atoms with Gasteiger partial charge in [0.25, 0.3) is 0 Å². The van der Waals surface area contributed by atoms with E-state index in [1.54, 1.807) is 30.4 Å². The summed E-state index contributed by atoms with van der Waals surface area (Å²) in [6, 6.07) is 23.7. The van der Waals surface area contributed by atoms with Gasteiger partial charge in [0.15, 0.2) is 17.2 Å². The maximum absolute atomic E-state index is 12.3. The van der Waals surface area contributed by atoms with Gasteiger partial charge in [0.05, 0.1) is 6.61 Å². The molecule has 33 heavy (non-hydrogen) atoms. The molecule has 0 bridgehead atoms. The zero-order valence-electron chi connectivity index (χ0n) is 17.9. The molecular weight excluding hydrogens is 418 g/mol. The lowest BCUT2D eigenvalue weighted by molar-refractivity contribution is -0.130. The zero-order chi connectivity index (χ0) is 23.0. The summed E-state index contributed by atoms with van der Waals surface area (Å²) in [5.41, 5.74) is 2.44. The number of carbonyl (C=O) groups excluding carboxylic acids is 2. The first kappa shape index (κ1) is 21.8. The van der Waals surface area contributed by atoms with Crippen LogP contribution in [-0.4, -0.2) is 24.4 Å². The molecule has 164 valence electrons. The molecule has 0 N–H and O–H groups in total. The Morgan fingerprint density at radius 3 is 2.39 bits per heavy atom. The fourth-order valence-corrected chi connectivity index (χ4v) is 3.11. The molecule has 0 spiro atoms. The van der Waals surface area contributed by atoms with E-state index in [-0.39, 0.29) is 17.3 Å². The molecule has 0 aromatic heterocycles. The molecule has 0 unspecified atom stereocenters. The van der Waals surface area contributed by atoms with Crippen molar-refractivity contribution in [3.05, 3.63) is 107 Å². The Hall–Kier alpha value is -4.45. The van der Waals surface area contributed by atoms with E-state index in [1.807, 2.05) is 67.6 Å². The summed E-state index contributed by atoms with van der Waals surface area (Å²) in [7, 11) is 0. The van der Waals surface area contributed by atoms with Crippen LogP contribution in [-0.2, 0) is 14.3 Å². The number of esters is 2. The van der Waals surface area contributed by atoms with E-state index in [4.69, 9.17) is 14.2 Å². The molecule has 0 atom stereocenters. The number of benzene rings is 3. The quantitative estimate of drug-likeness (QED) is 0.293. The standard InChI is InChI=1S/C27H21NO5/c1-2-31-24-18-20(17-22-27(30)33-26(28-22)21-11-7-4-8-12-21)13-15-23(24)32-25(29)16-14-19-9-5-3-6-10-19/h3-18H,2H2,1H3/b16-14+,22-17+. The normalized spacial score (nSPS) is 14.3. The molecule has 3 aromatic rings. The number of carbonyl (C=O) groups is 2. The first-order valence-corrected chi connectivity index (χ1v) is 10.4. The number of rotatable bonds is 7. The molecular formula is C27H21NO5. The van der Waals surface area contributed by atoms with E-state index >= 15 is 0 Å². The Kier molecular flexibility index (Phi) is 6.75. The van der Waals surface area contributed by atoms with Gasteiger partial charge >= 0.3 is 11.9 Å². The van der Waals surface area contributed by atoms with Crippen molar-refractivity contribution in [3.63, 3.8) is 0 Å². The Bertz CT molecular complexity index is 1240. The van der Waals surface area contributed by atoms with Crippen LogP contribution in [0.2, 0.25) is 0 Å². The molecule has 0 saturated carbocycles. The number of aliphatic imine (C=N–C) groups is 1. The molecule has 0 aliphatic carbocycles. The average Bonchev–Trinajstić information content (AvgIpc) is 3.21. The molecule has 6 heteroatoms. The molecule has 1 aliphatic rings. The predicted molar refractivity (Wildman–Crippen MR) is 126 cm³/mol. The maximum atomic E-state index is 12.3. The van der Waals surface area contributed by atoms with Crippen LogP contribution in [0.25, 0.3) is 12.2 Å². The van der Waals surface area contributed by atoms with Gasteiger partial charge in [-0.2, -0.15) is 0 Å². The van der Waals surface area contributed by atoms with Gasteiger partial charge < -0.3 is 14.2 Å². The van der Waals surface area contributed by atoms with Crippen molar-refractivity contribution in [1.29, 1.82) is 0 Å². The molecule has 0 saturated heterocycles. The van der Waals surface area contributed by atoms with E-state index in [9.17, 15) is 9.59 Å². The molecule has 1 heterocycles. The van der Waals surface area contributed by atoms with Crippen LogP contribution in [0.3, 0.4) is 0 Å². The van der Waals surface area contributed by atoms with Crippen molar-refractivity contribution in [2.75, 3.05) is 6.61 Å². The average molecular weight is 439 g/mol. The van der Waals surface area contributed by atoms with Crippen LogP contribution in [0.5, 0.6) is 11.5 Å². The third-order valence-corrected chi connectivity index (χ3v) is 4.63. The van der Waals surface area contributed by atoms with Crippen LogP contribution in [0, 0.1) is 0 Å². The van der Waals surface area contributed by atoms with Gasteiger partial charge in [0.2, 0.25) is 5.90 Å². The van der Waals surface area contributed by atoms with Crippen LogP contribution in [0.1, 0.15) is 23.6 Å². The van der Waals surface area contributed by atoms with Crippen LogP contribution in [0.4, 0.5) is 0 Å². The third-order valence-electron chi connectivity index (χ3n) is 4.63. The largest absolute Gasteiger partial charge is 0.490 e. The minimum Gasteiger partial charge on any atom is -0.490 e. The first-order valence-electron chi connectivity index (χ1n) is 10.4. The van der Waals surface area contributed by atoms with Gasteiger partial charge in [0.1, 0.15) is 0 Å². The lowest BCUT2D eigenvalue weighted by Gasteiger charge is -2.10. The number of hydrogen-bond donors (Lipinski definition) is 0. The fraction of sp³-hybridized carbons (Fsp3) is 0.0741. The molecule has 0 fully saturated rings. The lowest BCUT2D eigenvalue weighted by Crippen LogP contribution is -2.06. The van der Waals surface area contributed by atoms with Gasteiger partial charge in [-0.15, -0.1) is 0 Å². The summed E-state index contributed by atoms with van der Waals surface area (Å²) in [5, 5.41) is 0. The molecule has 1 aliphatic heterocycles. The molecule has 3 aromatic carbocycles. The number of hydrogen-bond acceptors (Lipinski definition) is 6. The molecule has 0 amide bonds.